The van der Waals surface area contributed by atoms with Gasteiger partial charge in [-0.3, -0.25) is 14.4 Å². The van der Waals surface area contributed by atoms with Crippen LogP contribution in [0.5, 0.6) is 0 Å². The third-order valence-electron chi connectivity index (χ3n) is 5.49. The predicted octanol–water partition coefficient (Wildman–Crippen LogP) is 4.81. The topological polar surface area (TPSA) is 87.3 Å². The van der Waals surface area contributed by atoms with E-state index in [0.29, 0.717) is 11.3 Å². The van der Waals surface area contributed by atoms with Crippen molar-refractivity contribution >= 4 is 23.4 Å². The van der Waals surface area contributed by atoms with Crippen LogP contribution in [-0.2, 0) is 16.8 Å². The van der Waals surface area contributed by atoms with Crippen LogP contribution in [0, 0.1) is 5.82 Å². The number of amides is 3. The molecule has 0 heterocycles. The van der Waals surface area contributed by atoms with Crippen LogP contribution >= 0.6 is 0 Å². The van der Waals surface area contributed by atoms with Gasteiger partial charge >= 0.3 is 0 Å². The van der Waals surface area contributed by atoms with Crippen molar-refractivity contribution in [3.63, 3.8) is 0 Å². The Morgan fingerprint density at radius 2 is 1.54 bits per heavy atom. The lowest BCUT2D eigenvalue weighted by Crippen LogP contribution is -2.44. The van der Waals surface area contributed by atoms with E-state index in [9.17, 15) is 18.8 Å². The van der Waals surface area contributed by atoms with Crippen molar-refractivity contribution in [1.29, 1.82) is 0 Å². The first-order chi connectivity index (χ1) is 16.5. The fourth-order valence-electron chi connectivity index (χ4n) is 3.40. The summed E-state index contributed by atoms with van der Waals surface area (Å²) in [6.07, 6.45) is 0. The molecule has 7 heteroatoms. The van der Waals surface area contributed by atoms with Crippen molar-refractivity contribution in [2.45, 2.75) is 45.7 Å². The number of anilines is 1. The second kappa shape index (κ2) is 11.0. The number of halogens is 1. The van der Waals surface area contributed by atoms with Gasteiger partial charge < -0.3 is 16.0 Å². The molecule has 0 saturated heterocycles. The van der Waals surface area contributed by atoms with E-state index in [1.165, 1.54) is 18.2 Å². The molecule has 3 amide bonds. The van der Waals surface area contributed by atoms with Crippen LogP contribution in [0.3, 0.4) is 0 Å². The Morgan fingerprint density at radius 3 is 2.20 bits per heavy atom. The van der Waals surface area contributed by atoms with Crippen molar-refractivity contribution < 1.29 is 18.8 Å². The summed E-state index contributed by atoms with van der Waals surface area (Å²) in [5.74, 6) is -1.58. The van der Waals surface area contributed by atoms with E-state index in [2.05, 4.69) is 36.7 Å². The molecule has 6 nitrogen and oxygen atoms in total. The normalized spacial score (nSPS) is 11.9. The molecule has 0 radical (unpaired) electrons. The molecular formula is C28H30FN3O3. The fraction of sp³-hybridized carbons (Fsp3) is 0.250. The molecule has 3 aromatic carbocycles. The third kappa shape index (κ3) is 7.24. The molecule has 0 aliphatic rings. The first-order valence-electron chi connectivity index (χ1n) is 11.4. The average Bonchev–Trinajstić information content (AvgIpc) is 2.82. The van der Waals surface area contributed by atoms with Crippen molar-refractivity contribution in [1.82, 2.24) is 10.6 Å². The highest BCUT2D eigenvalue weighted by molar-refractivity contribution is 6.04. The first kappa shape index (κ1) is 25.6. The Hall–Kier alpha value is -4.00. The Labute approximate surface area is 204 Å². The van der Waals surface area contributed by atoms with E-state index in [-0.39, 0.29) is 29.3 Å². The average molecular weight is 476 g/mol. The van der Waals surface area contributed by atoms with Gasteiger partial charge in [0.2, 0.25) is 5.91 Å². The maximum Gasteiger partial charge on any atom is 0.255 e. The Balaban J connectivity index is 1.53. The highest BCUT2D eigenvalue weighted by Gasteiger charge is 2.18. The van der Waals surface area contributed by atoms with E-state index in [1.54, 1.807) is 43.3 Å². The van der Waals surface area contributed by atoms with Crippen molar-refractivity contribution in [3.05, 3.63) is 101 Å². The van der Waals surface area contributed by atoms with E-state index >= 15 is 0 Å². The SMILES string of the molecule is CC(NC(=O)c1ccc(C(C)(C)C)cc1)C(=O)NCc1cccc(NC(=O)c2cccc(F)c2)c1. The van der Waals surface area contributed by atoms with Gasteiger partial charge in [-0.05, 0) is 65.9 Å². The van der Waals surface area contributed by atoms with Crippen molar-refractivity contribution in [2.75, 3.05) is 5.32 Å². The van der Waals surface area contributed by atoms with Gasteiger partial charge in [0.25, 0.3) is 11.8 Å². The van der Waals surface area contributed by atoms with Gasteiger partial charge in [-0.25, -0.2) is 4.39 Å². The molecule has 0 aliphatic carbocycles. The monoisotopic (exact) mass is 475 g/mol. The molecule has 0 aromatic heterocycles. The first-order valence-corrected chi connectivity index (χ1v) is 11.4. The minimum atomic E-state index is -0.736. The van der Waals surface area contributed by atoms with Crippen LogP contribution in [-0.4, -0.2) is 23.8 Å². The predicted molar refractivity (Wildman–Crippen MR) is 135 cm³/mol. The molecule has 35 heavy (non-hydrogen) atoms. The molecular weight excluding hydrogens is 445 g/mol. The molecule has 3 N–H and O–H groups in total. The number of rotatable bonds is 7. The second-order valence-corrected chi connectivity index (χ2v) is 9.41. The summed E-state index contributed by atoms with van der Waals surface area (Å²) < 4.78 is 13.4. The summed E-state index contributed by atoms with van der Waals surface area (Å²) >= 11 is 0. The van der Waals surface area contributed by atoms with Gasteiger partial charge in [0, 0.05) is 23.4 Å². The molecule has 3 aromatic rings. The highest BCUT2D eigenvalue weighted by Crippen LogP contribution is 2.22. The zero-order chi connectivity index (χ0) is 25.6. The molecule has 1 unspecified atom stereocenters. The standard InChI is InChI=1S/C28H30FN3O3/c1-18(31-26(34)20-11-13-22(14-12-20)28(2,3)4)25(33)30-17-19-7-5-10-24(15-19)32-27(35)21-8-6-9-23(29)16-21/h5-16,18H,17H2,1-4H3,(H,30,33)(H,31,34)(H,32,35). The zero-order valence-electron chi connectivity index (χ0n) is 20.3. The fourth-order valence-corrected chi connectivity index (χ4v) is 3.40. The number of hydrogen-bond acceptors (Lipinski definition) is 3. The van der Waals surface area contributed by atoms with Crippen LogP contribution in [0.15, 0.2) is 72.8 Å². The number of carbonyl (C=O) groups excluding carboxylic acids is 3. The Bertz CT molecular complexity index is 1220. The highest BCUT2D eigenvalue weighted by atomic mass is 19.1. The van der Waals surface area contributed by atoms with Gasteiger partial charge in [0.1, 0.15) is 11.9 Å². The quantitative estimate of drug-likeness (QED) is 0.458. The number of hydrogen-bond donors (Lipinski definition) is 3. The molecule has 3 rings (SSSR count). The van der Waals surface area contributed by atoms with E-state index in [1.807, 2.05) is 12.1 Å². The van der Waals surface area contributed by atoms with Crippen LogP contribution in [0.2, 0.25) is 0 Å². The van der Waals surface area contributed by atoms with Crippen LogP contribution in [0.4, 0.5) is 10.1 Å². The maximum absolute atomic E-state index is 13.4. The van der Waals surface area contributed by atoms with Gasteiger partial charge in [-0.1, -0.05) is 51.1 Å². The Morgan fingerprint density at radius 1 is 0.857 bits per heavy atom. The van der Waals surface area contributed by atoms with Crippen molar-refractivity contribution in [2.24, 2.45) is 0 Å². The largest absolute Gasteiger partial charge is 0.350 e. The van der Waals surface area contributed by atoms with E-state index < -0.39 is 17.8 Å². The van der Waals surface area contributed by atoms with Gasteiger partial charge in [-0.15, -0.1) is 0 Å². The van der Waals surface area contributed by atoms with Gasteiger partial charge in [-0.2, -0.15) is 0 Å². The minimum Gasteiger partial charge on any atom is -0.350 e. The van der Waals surface area contributed by atoms with E-state index in [0.717, 1.165) is 17.2 Å². The van der Waals surface area contributed by atoms with Crippen LogP contribution < -0.4 is 16.0 Å². The lowest BCUT2D eigenvalue weighted by molar-refractivity contribution is -0.122. The van der Waals surface area contributed by atoms with Crippen LogP contribution in [0.1, 0.15) is 59.5 Å². The number of nitrogens with one attached hydrogen (secondary N) is 3. The molecule has 0 aliphatic heterocycles. The smallest absolute Gasteiger partial charge is 0.255 e. The molecule has 0 saturated carbocycles. The van der Waals surface area contributed by atoms with Crippen LogP contribution in [0.25, 0.3) is 0 Å². The summed E-state index contributed by atoms with van der Waals surface area (Å²) in [6, 6.07) is 19.0. The lowest BCUT2D eigenvalue weighted by Gasteiger charge is -2.19. The summed E-state index contributed by atoms with van der Waals surface area (Å²) in [6.45, 7) is 8.13. The molecule has 182 valence electrons. The van der Waals surface area contributed by atoms with E-state index in [4.69, 9.17) is 0 Å². The molecule has 0 spiro atoms. The number of benzene rings is 3. The second-order valence-electron chi connectivity index (χ2n) is 9.41. The summed E-state index contributed by atoms with van der Waals surface area (Å²) in [5.41, 5.74) is 3.08. The number of carbonyl (C=O) groups is 3. The zero-order valence-corrected chi connectivity index (χ0v) is 20.3. The summed E-state index contributed by atoms with van der Waals surface area (Å²) in [4.78, 5) is 37.4. The summed E-state index contributed by atoms with van der Waals surface area (Å²) in [5, 5.41) is 8.22. The molecule has 1 atom stereocenters. The molecule has 0 bridgehead atoms. The summed E-state index contributed by atoms with van der Waals surface area (Å²) in [7, 11) is 0. The van der Waals surface area contributed by atoms with Gasteiger partial charge in [0.15, 0.2) is 0 Å². The Kier molecular flexibility index (Phi) is 8.02. The third-order valence-corrected chi connectivity index (χ3v) is 5.49. The lowest BCUT2D eigenvalue weighted by atomic mass is 9.86. The van der Waals surface area contributed by atoms with Gasteiger partial charge in [0.05, 0.1) is 0 Å². The maximum atomic E-state index is 13.4. The minimum absolute atomic E-state index is 0.0121. The van der Waals surface area contributed by atoms with Crippen molar-refractivity contribution in [3.8, 4) is 0 Å². The molecule has 0 fully saturated rings.